The smallest absolute Gasteiger partial charge is 0.358 e. The number of halogens is 3. The van der Waals surface area contributed by atoms with Gasteiger partial charge in [0.25, 0.3) is 0 Å². The first-order valence-electron chi connectivity index (χ1n) is 5.28. The van der Waals surface area contributed by atoms with Crippen LogP contribution < -0.4 is 10.7 Å². The van der Waals surface area contributed by atoms with Crippen molar-refractivity contribution in [2.75, 3.05) is 6.54 Å². The normalized spacial score (nSPS) is 11.3. The fourth-order valence-electron chi connectivity index (χ4n) is 1.17. The minimum Gasteiger partial charge on any atom is -0.358 e. The Morgan fingerprint density at radius 3 is 2.79 bits per heavy atom. The second kappa shape index (κ2) is 6.89. The second-order valence-electron chi connectivity index (χ2n) is 3.49. The molecule has 2 N–H and O–H groups in total. The number of alkyl halides is 3. The van der Waals surface area contributed by atoms with Crippen LogP contribution in [0.2, 0.25) is 0 Å². The highest BCUT2D eigenvalue weighted by atomic mass is 32.1. The lowest BCUT2D eigenvalue weighted by atomic mass is 10.1. The summed E-state index contributed by atoms with van der Waals surface area (Å²) in [5, 5.41) is 6.77. The molecule has 3 nitrogen and oxygen atoms in total. The summed E-state index contributed by atoms with van der Waals surface area (Å²) in [4.78, 5) is 0. The minimum atomic E-state index is -4.36. The number of nitrogens with zero attached hydrogens (tertiary/aromatic N) is 1. The standard InChI is InChI=1S/C12H12F3N3S/c1-2-6-16-11(19)18-17-8-9-4-3-5-10(7-9)12(13,14)15/h2-5,7-8H,1,6H2,(H2,16,18,19)/b17-8+. The molecule has 19 heavy (non-hydrogen) atoms. The van der Waals surface area contributed by atoms with Gasteiger partial charge in [-0.15, -0.1) is 6.58 Å². The van der Waals surface area contributed by atoms with Crippen molar-refractivity contribution in [1.29, 1.82) is 0 Å². The lowest BCUT2D eigenvalue weighted by molar-refractivity contribution is -0.137. The van der Waals surface area contributed by atoms with E-state index in [2.05, 4.69) is 22.4 Å². The zero-order valence-corrected chi connectivity index (χ0v) is 10.7. The molecule has 102 valence electrons. The number of nitrogens with one attached hydrogen (secondary N) is 2. The first kappa shape index (κ1) is 15.2. The lowest BCUT2D eigenvalue weighted by Crippen LogP contribution is -2.31. The van der Waals surface area contributed by atoms with E-state index in [4.69, 9.17) is 12.2 Å². The zero-order chi connectivity index (χ0) is 14.3. The molecule has 0 radical (unpaired) electrons. The summed E-state index contributed by atoms with van der Waals surface area (Å²) in [6, 6.07) is 4.84. The van der Waals surface area contributed by atoms with Crippen LogP contribution in [-0.4, -0.2) is 17.9 Å². The van der Waals surface area contributed by atoms with Crippen molar-refractivity contribution in [1.82, 2.24) is 10.7 Å². The zero-order valence-electron chi connectivity index (χ0n) is 9.87. The van der Waals surface area contributed by atoms with E-state index in [1.54, 1.807) is 6.08 Å². The number of benzene rings is 1. The third kappa shape index (κ3) is 5.52. The van der Waals surface area contributed by atoms with Gasteiger partial charge in [0.05, 0.1) is 11.8 Å². The van der Waals surface area contributed by atoms with E-state index in [1.165, 1.54) is 18.3 Å². The van der Waals surface area contributed by atoms with Crippen LogP contribution in [0.25, 0.3) is 0 Å². The molecule has 1 aromatic rings. The molecule has 0 aliphatic heterocycles. The molecule has 7 heteroatoms. The predicted molar refractivity (Wildman–Crippen MR) is 73.0 cm³/mol. The maximum atomic E-state index is 12.5. The van der Waals surface area contributed by atoms with Crippen molar-refractivity contribution in [2.45, 2.75) is 6.18 Å². The topological polar surface area (TPSA) is 36.4 Å². The van der Waals surface area contributed by atoms with Crippen LogP contribution in [0.1, 0.15) is 11.1 Å². The highest BCUT2D eigenvalue weighted by Gasteiger charge is 2.30. The Kier molecular flexibility index (Phi) is 5.50. The molecule has 0 saturated heterocycles. The van der Waals surface area contributed by atoms with Gasteiger partial charge in [-0.05, 0) is 29.9 Å². The van der Waals surface area contributed by atoms with E-state index in [-0.39, 0.29) is 5.11 Å². The van der Waals surface area contributed by atoms with E-state index in [0.717, 1.165) is 12.1 Å². The van der Waals surface area contributed by atoms with Gasteiger partial charge < -0.3 is 5.32 Å². The molecule has 0 unspecified atom stereocenters. The van der Waals surface area contributed by atoms with Crippen LogP contribution in [0, 0.1) is 0 Å². The average molecular weight is 287 g/mol. The third-order valence-electron chi connectivity index (χ3n) is 2.00. The largest absolute Gasteiger partial charge is 0.416 e. The Morgan fingerprint density at radius 2 is 2.16 bits per heavy atom. The predicted octanol–water partition coefficient (Wildman–Crippen LogP) is 2.69. The summed E-state index contributed by atoms with van der Waals surface area (Å²) in [6.07, 6.45) is -1.49. The van der Waals surface area contributed by atoms with Gasteiger partial charge >= 0.3 is 6.18 Å². The molecule has 0 aliphatic rings. The molecule has 0 atom stereocenters. The molecule has 0 saturated carbocycles. The molecule has 0 amide bonds. The summed E-state index contributed by atoms with van der Waals surface area (Å²) >= 11 is 4.86. The number of hydrazone groups is 1. The number of hydrogen-bond acceptors (Lipinski definition) is 2. The monoisotopic (exact) mass is 287 g/mol. The molecule has 0 fully saturated rings. The van der Waals surface area contributed by atoms with Crippen molar-refractivity contribution in [3.63, 3.8) is 0 Å². The number of thiocarbonyl (C=S) groups is 1. The Labute approximate surface area is 114 Å². The van der Waals surface area contributed by atoms with Gasteiger partial charge in [-0.1, -0.05) is 18.2 Å². The van der Waals surface area contributed by atoms with E-state index in [9.17, 15) is 13.2 Å². The first-order valence-corrected chi connectivity index (χ1v) is 5.69. The van der Waals surface area contributed by atoms with E-state index < -0.39 is 11.7 Å². The summed E-state index contributed by atoms with van der Waals surface area (Å²) in [5.74, 6) is 0. The van der Waals surface area contributed by atoms with Crippen LogP contribution in [0.5, 0.6) is 0 Å². The fraction of sp³-hybridized carbons (Fsp3) is 0.167. The van der Waals surface area contributed by atoms with Crippen molar-refractivity contribution in [3.8, 4) is 0 Å². The molecule has 1 rings (SSSR count). The number of rotatable bonds is 4. The molecule has 0 aromatic heterocycles. The van der Waals surface area contributed by atoms with Gasteiger partial charge in [0.1, 0.15) is 0 Å². The van der Waals surface area contributed by atoms with E-state index in [1.807, 2.05) is 0 Å². The minimum absolute atomic E-state index is 0.267. The van der Waals surface area contributed by atoms with Crippen LogP contribution >= 0.6 is 12.2 Å². The maximum Gasteiger partial charge on any atom is 0.416 e. The summed E-state index contributed by atoms with van der Waals surface area (Å²) in [7, 11) is 0. The van der Waals surface area contributed by atoms with Crippen molar-refractivity contribution < 1.29 is 13.2 Å². The summed E-state index contributed by atoms with van der Waals surface area (Å²) < 4.78 is 37.4. The van der Waals surface area contributed by atoms with Crippen LogP contribution in [0.4, 0.5) is 13.2 Å². The Hall–Kier alpha value is -1.89. The van der Waals surface area contributed by atoms with Crippen molar-refractivity contribution >= 4 is 23.5 Å². The Morgan fingerprint density at radius 1 is 1.42 bits per heavy atom. The third-order valence-corrected chi connectivity index (χ3v) is 2.24. The Balaban J connectivity index is 2.62. The van der Waals surface area contributed by atoms with Crippen LogP contribution in [0.3, 0.4) is 0 Å². The van der Waals surface area contributed by atoms with Gasteiger partial charge in [-0.2, -0.15) is 18.3 Å². The van der Waals surface area contributed by atoms with Crippen molar-refractivity contribution in [2.24, 2.45) is 5.10 Å². The summed E-state index contributed by atoms with van der Waals surface area (Å²) in [5.41, 5.74) is 2.09. The van der Waals surface area contributed by atoms with Gasteiger partial charge in [0.2, 0.25) is 0 Å². The Bertz CT molecular complexity index is 483. The van der Waals surface area contributed by atoms with Crippen LogP contribution in [-0.2, 0) is 6.18 Å². The van der Waals surface area contributed by atoms with E-state index in [0.29, 0.717) is 12.1 Å². The van der Waals surface area contributed by atoms with Gasteiger partial charge in [-0.3, -0.25) is 5.43 Å². The molecule has 1 aromatic carbocycles. The average Bonchev–Trinajstić information content (AvgIpc) is 2.36. The molecular weight excluding hydrogens is 275 g/mol. The summed E-state index contributed by atoms with van der Waals surface area (Å²) in [6.45, 7) is 3.98. The molecule has 0 spiro atoms. The van der Waals surface area contributed by atoms with E-state index >= 15 is 0 Å². The van der Waals surface area contributed by atoms with Gasteiger partial charge in [-0.25, -0.2) is 0 Å². The first-order chi connectivity index (χ1) is 8.93. The van der Waals surface area contributed by atoms with Crippen molar-refractivity contribution in [3.05, 3.63) is 48.0 Å². The van der Waals surface area contributed by atoms with Gasteiger partial charge in [0.15, 0.2) is 5.11 Å². The molecule has 0 heterocycles. The highest BCUT2D eigenvalue weighted by Crippen LogP contribution is 2.29. The molecule has 0 aliphatic carbocycles. The maximum absolute atomic E-state index is 12.5. The highest BCUT2D eigenvalue weighted by molar-refractivity contribution is 7.80. The van der Waals surface area contributed by atoms with Gasteiger partial charge in [0, 0.05) is 6.54 Å². The SMILES string of the molecule is C=CCNC(=S)N/N=C/c1cccc(C(F)(F)F)c1. The lowest BCUT2D eigenvalue weighted by Gasteiger charge is -2.06. The quantitative estimate of drug-likeness (QED) is 0.387. The fourth-order valence-corrected chi connectivity index (χ4v) is 1.30. The molecule has 0 bridgehead atoms. The number of hydrogen-bond donors (Lipinski definition) is 2. The van der Waals surface area contributed by atoms with Crippen LogP contribution in [0.15, 0.2) is 42.0 Å². The molecular formula is C12H12F3N3S. The second-order valence-corrected chi connectivity index (χ2v) is 3.90.